The average molecular weight is 345 g/mol. The van der Waals surface area contributed by atoms with Crippen LogP contribution in [0.3, 0.4) is 0 Å². The lowest BCUT2D eigenvalue weighted by Crippen LogP contribution is -2.22. The van der Waals surface area contributed by atoms with E-state index >= 15 is 0 Å². The second-order valence-corrected chi connectivity index (χ2v) is 6.78. The van der Waals surface area contributed by atoms with Crippen LogP contribution in [-0.4, -0.2) is 38.3 Å². The maximum Gasteiger partial charge on any atom is 0.339 e. The molecular formula is C16H15N3O4S. The van der Waals surface area contributed by atoms with E-state index in [0.29, 0.717) is 0 Å². The van der Waals surface area contributed by atoms with Gasteiger partial charge in [0.25, 0.3) is 5.91 Å². The van der Waals surface area contributed by atoms with Gasteiger partial charge in [0.15, 0.2) is 11.4 Å². The molecule has 8 heteroatoms. The molecule has 0 saturated carbocycles. The fraction of sp³-hybridized carbons (Fsp3) is 0.188. The van der Waals surface area contributed by atoms with E-state index in [2.05, 4.69) is 4.98 Å². The minimum Gasteiger partial charge on any atom is -0.376 e. The number of nitriles is 1. The first-order valence-corrected chi connectivity index (χ1v) is 8.28. The van der Waals surface area contributed by atoms with E-state index in [1.807, 2.05) is 6.92 Å². The molecule has 1 heterocycles. The van der Waals surface area contributed by atoms with E-state index in [1.54, 1.807) is 32.3 Å². The molecule has 24 heavy (non-hydrogen) atoms. The molecule has 0 aliphatic carbocycles. The third kappa shape index (κ3) is 3.70. The van der Waals surface area contributed by atoms with Crippen molar-refractivity contribution in [1.82, 2.24) is 9.88 Å². The Kier molecular flexibility index (Phi) is 4.85. The van der Waals surface area contributed by atoms with Gasteiger partial charge in [0.1, 0.15) is 11.0 Å². The predicted octanol–water partition coefficient (Wildman–Crippen LogP) is 1.73. The zero-order valence-electron chi connectivity index (χ0n) is 13.3. The number of nitrogens with zero attached hydrogens (tertiary/aromatic N) is 3. The van der Waals surface area contributed by atoms with Gasteiger partial charge in [-0.25, -0.2) is 4.98 Å². The summed E-state index contributed by atoms with van der Waals surface area (Å²) in [4.78, 5) is 17.0. The highest BCUT2D eigenvalue weighted by molar-refractivity contribution is 7.87. The van der Waals surface area contributed by atoms with E-state index in [4.69, 9.17) is 9.44 Å². The van der Waals surface area contributed by atoms with Crippen molar-refractivity contribution in [2.24, 2.45) is 0 Å². The van der Waals surface area contributed by atoms with Crippen LogP contribution in [0.15, 0.2) is 41.4 Å². The summed E-state index contributed by atoms with van der Waals surface area (Å²) in [6, 6.07) is 9.01. The van der Waals surface area contributed by atoms with Crippen molar-refractivity contribution in [2.45, 2.75) is 11.8 Å². The third-order valence-electron chi connectivity index (χ3n) is 3.12. The van der Waals surface area contributed by atoms with E-state index < -0.39 is 10.1 Å². The van der Waals surface area contributed by atoms with Crippen LogP contribution in [-0.2, 0) is 10.1 Å². The Hall–Kier alpha value is -2.92. The standard InChI is InChI=1S/C16H15N3O4S/c1-11-4-6-13(7-5-11)24(21,22)23-15-8-12(16(20)19(2)3)10-18-14(15)9-17/h4-8,10H,1-3H3. The summed E-state index contributed by atoms with van der Waals surface area (Å²) in [5.41, 5.74) is 0.793. The van der Waals surface area contributed by atoms with Crippen LogP contribution in [0.25, 0.3) is 0 Å². The number of carbonyl (C=O) groups is 1. The molecule has 1 amide bonds. The molecular weight excluding hydrogens is 330 g/mol. The summed E-state index contributed by atoms with van der Waals surface area (Å²) < 4.78 is 29.7. The van der Waals surface area contributed by atoms with Gasteiger partial charge in [-0.15, -0.1) is 0 Å². The molecule has 2 aromatic rings. The van der Waals surface area contributed by atoms with Gasteiger partial charge < -0.3 is 9.08 Å². The number of aryl methyl sites for hydroxylation is 1. The van der Waals surface area contributed by atoms with Crippen molar-refractivity contribution in [3.05, 3.63) is 53.3 Å². The first-order chi connectivity index (χ1) is 11.2. The van der Waals surface area contributed by atoms with Crippen LogP contribution in [0.1, 0.15) is 21.6 Å². The minimum atomic E-state index is -4.14. The molecule has 0 bridgehead atoms. The number of benzene rings is 1. The number of hydrogen-bond donors (Lipinski definition) is 0. The Balaban J connectivity index is 2.44. The predicted molar refractivity (Wildman–Crippen MR) is 86.0 cm³/mol. The van der Waals surface area contributed by atoms with Crippen LogP contribution >= 0.6 is 0 Å². The first-order valence-electron chi connectivity index (χ1n) is 6.87. The van der Waals surface area contributed by atoms with E-state index in [1.165, 1.54) is 29.3 Å². The molecule has 0 unspecified atom stereocenters. The Morgan fingerprint density at radius 2 is 1.88 bits per heavy atom. The molecule has 0 radical (unpaired) electrons. The number of pyridine rings is 1. The molecule has 0 fully saturated rings. The number of hydrogen-bond acceptors (Lipinski definition) is 6. The van der Waals surface area contributed by atoms with Crippen LogP contribution in [0.2, 0.25) is 0 Å². The molecule has 0 atom stereocenters. The largest absolute Gasteiger partial charge is 0.376 e. The van der Waals surface area contributed by atoms with E-state index in [-0.39, 0.29) is 27.8 Å². The lowest BCUT2D eigenvalue weighted by Gasteiger charge is -2.12. The zero-order chi connectivity index (χ0) is 17.9. The van der Waals surface area contributed by atoms with Gasteiger partial charge in [-0.1, -0.05) is 17.7 Å². The van der Waals surface area contributed by atoms with Gasteiger partial charge in [-0.05, 0) is 25.1 Å². The number of carbonyl (C=O) groups excluding carboxylic acids is 1. The maximum absolute atomic E-state index is 12.3. The van der Waals surface area contributed by atoms with Crippen LogP contribution in [0, 0.1) is 18.3 Å². The Labute approximate surface area is 140 Å². The minimum absolute atomic E-state index is 0.0543. The van der Waals surface area contributed by atoms with Gasteiger partial charge in [-0.3, -0.25) is 4.79 Å². The van der Waals surface area contributed by atoms with Gasteiger partial charge in [0, 0.05) is 20.3 Å². The van der Waals surface area contributed by atoms with Crippen molar-refractivity contribution in [2.75, 3.05) is 14.1 Å². The summed E-state index contributed by atoms with van der Waals surface area (Å²) in [7, 11) is -1.05. The number of rotatable bonds is 4. The lowest BCUT2D eigenvalue weighted by atomic mass is 10.2. The van der Waals surface area contributed by atoms with Gasteiger partial charge >= 0.3 is 10.1 Å². The fourth-order valence-electron chi connectivity index (χ4n) is 1.84. The maximum atomic E-state index is 12.3. The molecule has 7 nitrogen and oxygen atoms in total. The topological polar surface area (TPSA) is 100 Å². The Morgan fingerprint density at radius 1 is 1.25 bits per heavy atom. The molecule has 0 N–H and O–H groups in total. The zero-order valence-corrected chi connectivity index (χ0v) is 14.2. The lowest BCUT2D eigenvalue weighted by molar-refractivity contribution is 0.0827. The molecule has 0 aliphatic heterocycles. The summed E-state index contributed by atoms with van der Waals surface area (Å²) >= 11 is 0. The first kappa shape index (κ1) is 17.4. The normalized spacial score (nSPS) is 10.8. The van der Waals surface area contributed by atoms with E-state index in [9.17, 15) is 13.2 Å². The highest BCUT2D eigenvalue weighted by Crippen LogP contribution is 2.23. The van der Waals surface area contributed by atoms with Crippen molar-refractivity contribution < 1.29 is 17.4 Å². The van der Waals surface area contributed by atoms with Crippen molar-refractivity contribution in [1.29, 1.82) is 5.26 Å². The Morgan fingerprint density at radius 3 is 2.42 bits per heavy atom. The van der Waals surface area contributed by atoms with Crippen molar-refractivity contribution >= 4 is 16.0 Å². The van der Waals surface area contributed by atoms with Crippen molar-refractivity contribution in [3.63, 3.8) is 0 Å². The summed E-state index contributed by atoms with van der Waals surface area (Å²) in [5.74, 6) is -0.671. The highest BCUT2D eigenvalue weighted by atomic mass is 32.2. The van der Waals surface area contributed by atoms with Crippen molar-refractivity contribution in [3.8, 4) is 11.8 Å². The smallest absolute Gasteiger partial charge is 0.339 e. The third-order valence-corrected chi connectivity index (χ3v) is 4.37. The van der Waals surface area contributed by atoms with Gasteiger partial charge in [0.05, 0.1) is 5.56 Å². The molecule has 1 aromatic carbocycles. The van der Waals surface area contributed by atoms with Crippen LogP contribution in [0.4, 0.5) is 0 Å². The van der Waals surface area contributed by atoms with E-state index in [0.717, 1.165) is 5.56 Å². The SMILES string of the molecule is Cc1ccc(S(=O)(=O)Oc2cc(C(=O)N(C)C)cnc2C#N)cc1. The number of amides is 1. The molecule has 0 saturated heterocycles. The van der Waals surface area contributed by atoms with Gasteiger partial charge in [0.2, 0.25) is 0 Å². The monoisotopic (exact) mass is 345 g/mol. The summed E-state index contributed by atoms with van der Waals surface area (Å²) in [6.45, 7) is 1.82. The fourth-order valence-corrected chi connectivity index (χ4v) is 2.77. The second-order valence-electron chi connectivity index (χ2n) is 5.23. The van der Waals surface area contributed by atoms with Gasteiger partial charge in [-0.2, -0.15) is 13.7 Å². The van der Waals surface area contributed by atoms with Crippen LogP contribution < -0.4 is 4.18 Å². The molecule has 0 aliphatic rings. The molecule has 0 spiro atoms. The summed E-state index contributed by atoms with van der Waals surface area (Å²) in [5, 5.41) is 9.08. The highest BCUT2D eigenvalue weighted by Gasteiger charge is 2.21. The van der Waals surface area contributed by atoms with Crippen LogP contribution in [0.5, 0.6) is 5.75 Å². The summed E-state index contributed by atoms with van der Waals surface area (Å²) in [6.07, 6.45) is 1.20. The number of aromatic nitrogens is 1. The average Bonchev–Trinajstić information content (AvgIpc) is 2.54. The molecule has 2 rings (SSSR count). The molecule has 1 aromatic heterocycles. The quantitative estimate of drug-likeness (QED) is 0.782. The molecule has 124 valence electrons. The Bertz CT molecular complexity index is 913. The second kappa shape index (κ2) is 6.68.